The van der Waals surface area contributed by atoms with Crippen molar-refractivity contribution in [3.8, 4) is 22.9 Å². The highest BCUT2D eigenvalue weighted by molar-refractivity contribution is 5.94. The van der Waals surface area contributed by atoms with Gasteiger partial charge >= 0.3 is 5.97 Å². The van der Waals surface area contributed by atoms with Gasteiger partial charge in [0.15, 0.2) is 11.5 Å². The van der Waals surface area contributed by atoms with Gasteiger partial charge in [-0.1, -0.05) is 18.2 Å². The molecule has 3 atom stereocenters. The van der Waals surface area contributed by atoms with Crippen molar-refractivity contribution in [1.29, 1.82) is 0 Å². The molecule has 3 unspecified atom stereocenters. The molecule has 0 bridgehead atoms. The number of hydrogen-bond acceptors (Lipinski definition) is 8. The highest BCUT2D eigenvalue weighted by atomic mass is 19.3. The third-order valence-electron chi connectivity index (χ3n) is 6.57. The zero-order chi connectivity index (χ0) is 27.9. The molecular formula is C27H31F2N5O5. The summed E-state index contributed by atoms with van der Waals surface area (Å²) >= 11 is 0. The average molecular weight is 544 g/mol. The Morgan fingerprint density at radius 2 is 1.90 bits per heavy atom. The summed E-state index contributed by atoms with van der Waals surface area (Å²) in [7, 11) is 1.43. The number of carbonyl (C=O) groups is 2. The van der Waals surface area contributed by atoms with Crippen molar-refractivity contribution in [3.05, 3.63) is 53.6 Å². The van der Waals surface area contributed by atoms with Crippen LogP contribution in [-0.4, -0.2) is 64.4 Å². The molecule has 0 aliphatic heterocycles. The summed E-state index contributed by atoms with van der Waals surface area (Å²) in [6, 6.07) is 11.7. The van der Waals surface area contributed by atoms with Gasteiger partial charge in [-0.25, -0.2) is 8.78 Å². The molecule has 1 aliphatic rings. The standard InChI is InChI=1S/C27H31F2N5O5/c1-4-34-32-26(31-33-34)17-5-7-18(8-6-17)27(36)30-22-11-10-20(39-16(2)35)14-21(22)19-9-12-23(37-3)24(13-19)38-15-25(28)29/h5-9,12-13,20-22,25H,4,10-11,14-15H2,1-3H3,(H,30,36). The van der Waals surface area contributed by atoms with E-state index >= 15 is 0 Å². The molecule has 39 heavy (non-hydrogen) atoms. The molecule has 1 saturated carbocycles. The third-order valence-corrected chi connectivity index (χ3v) is 6.57. The van der Waals surface area contributed by atoms with Crippen LogP contribution in [-0.2, 0) is 16.1 Å². The van der Waals surface area contributed by atoms with Crippen molar-refractivity contribution in [3.63, 3.8) is 0 Å². The smallest absolute Gasteiger partial charge is 0.302 e. The molecule has 10 nitrogen and oxygen atoms in total. The maximum Gasteiger partial charge on any atom is 0.302 e. The van der Waals surface area contributed by atoms with Crippen molar-refractivity contribution in [2.24, 2.45) is 0 Å². The van der Waals surface area contributed by atoms with E-state index in [-0.39, 0.29) is 35.7 Å². The number of tetrazole rings is 1. The maximum absolute atomic E-state index is 13.2. The molecule has 0 spiro atoms. The largest absolute Gasteiger partial charge is 0.493 e. The number of halogens is 2. The number of alkyl halides is 2. The zero-order valence-corrected chi connectivity index (χ0v) is 22.0. The Morgan fingerprint density at radius 1 is 1.13 bits per heavy atom. The van der Waals surface area contributed by atoms with Gasteiger partial charge in [0.25, 0.3) is 12.3 Å². The van der Waals surface area contributed by atoms with Gasteiger partial charge in [-0.05, 0) is 61.2 Å². The first kappa shape index (κ1) is 27.9. The fourth-order valence-corrected chi connectivity index (χ4v) is 4.72. The second-order valence-corrected chi connectivity index (χ2v) is 9.22. The van der Waals surface area contributed by atoms with E-state index in [0.717, 1.165) is 11.1 Å². The lowest BCUT2D eigenvalue weighted by atomic mass is 9.78. The molecule has 1 aliphatic carbocycles. The molecule has 12 heteroatoms. The van der Waals surface area contributed by atoms with Crippen LogP contribution in [0.5, 0.6) is 11.5 Å². The average Bonchev–Trinajstić information content (AvgIpc) is 3.42. The van der Waals surface area contributed by atoms with E-state index in [9.17, 15) is 18.4 Å². The van der Waals surface area contributed by atoms with Crippen LogP contribution in [0.4, 0.5) is 8.78 Å². The van der Waals surface area contributed by atoms with Crippen molar-refractivity contribution < 1.29 is 32.6 Å². The summed E-state index contributed by atoms with van der Waals surface area (Å²) in [4.78, 5) is 26.3. The third kappa shape index (κ3) is 7.06. The molecule has 2 aromatic carbocycles. The molecule has 1 fully saturated rings. The van der Waals surface area contributed by atoms with E-state index in [0.29, 0.717) is 42.9 Å². The molecule has 1 heterocycles. The normalized spacial score (nSPS) is 19.0. The minimum absolute atomic E-state index is 0.180. The van der Waals surface area contributed by atoms with Crippen LogP contribution in [0.1, 0.15) is 54.9 Å². The van der Waals surface area contributed by atoms with Gasteiger partial charge in [-0.15, -0.1) is 10.2 Å². The number of nitrogens with one attached hydrogen (secondary N) is 1. The van der Waals surface area contributed by atoms with E-state index in [1.165, 1.54) is 18.8 Å². The number of nitrogens with zero attached hydrogens (tertiary/aromatic N) is 4. The number of esters is 1. The number of aromatic nitrogens is 4. The van der Waals surface area contributed by atoms with Crippen LogP contribution >= 0.6 is 0 Å². The SMILES string of the molecule is CCn1nnc(-c2ccc(C(=O)NC3CCC(OC(C)=O)CC3c3ccc(OC)c(OCC(F)F)c3)cc2)n1. The fraction of sp³-hybridized carbons (Fsp3) is 0.444. The van der Waals surface area contributed by atoms with Gasteiger partial charge < -0.3 is 19.5 Å². The number of ether oxygens (including phenoxy) is 3. The Morgan fingerprint density at radius 3 is 2.54 bits per heavy atom. The van der Waals surface area contributed by atoms with Crippen LogP contribution in [0.2, 0.25) is 0 Å². The Labute approximate surface area is 224 Å². The van der Waals surface area contributed by atoms with Crippen molar-refractivity contribution in [2.45, 2.75) is 64.1 Å². The molecule has 1 amide bonds. The summed E-state index contributed by atoms with van der Waals surface area (Å²) in [6.45, 7) is 3.09. The van der Waals surface area contributed by atoms with Crippen molar-refractivity contribution >= 4 is 11.9 Å². The number of methoxy groups -OCH3 is 1. The van der Waals surface area contributed by atoms with E-state index in [1.54, 1.807) is 42.5 Å². The molecule has 208 valence electrons. The summed E-state index contributed by atoms with van der Waals surface area (Å²) in [5, 5.41) is 15.4. The first-order chi connectivity index (χ1) is 18.8. The fourth-order valence-electron chi connectivity index (χ4n) is 4.72. The van der Waals surface area contributed by atoms with Crippen molar-refractivity contribution in [2.75, 3.05) is 13.7 Å². The topological polar surface area (TPSA) is 117 Å². The van der Waals surface area contributed by atoms with Crippen LogP contribution < -0.4 is 14.8 Å². The van der Waals surface area contributed by atoms with Crippen LogP contribution in [0.15, 0.2) is 42.5 Å². The van der Waals surface area contributed by atoms with E-state index < -0.39 is 13.0 Å². The highest BCUT2D eigenvalue weighted by Gasteiger charge is 2.35. The van der Waals surface area contributed by atoms with Crippen molar-refractivity contribution in [1.82, 2.24) is 25.5 Å². The summed E-state index contributed by atoms with van der Waals surface area (Å²) in [6.07, 6.45) is -1.41. The molecule has 4 rings (SSSR count). The number of rotatable bonds is 10. The minimum Gasteiger partial charge on any atom is -0.493 e. The molecule has 0 radical (unpaired) electrons. The Hall–Kier alpha value is -4.09. The number of benzene rings is 2. The molecule has 0 saturated heterocycles. The van der Waals surface area contributed by atoms with Crippen LogP contribution in [0, 0.1) is 0 Å². The molecule has 1 N–H and O–H groups in total. The maximum atomic E-state index is 13.2. The predicted molar refractivity (Wildman–Crippen MR) is 137 cm³/mol. The van der Waals surface area contributed by atoms with Crippen LogP contribution in [0.25, 0.3) is 11.4 Å². The number of carbonyl (C=O) groups excluding carboxylic acids is 2. The quantitative estimate of drug-likeness (QED) is 0.381. The van der Waals surface area contributed by atoms with Gasteiger partial charge in [0.1, 0.15) is 12.7 Å². The number of hydrogen-bond donors (Lipinski definition) is 1. The van der Waals surface area contributed by atoms with Gasteiger partial charge in [0.05, 0.1) is 13.7 Å². The highest BCUT2D eigenvalue weighted by Crippen LogP contribution is 2.39. The van der Waals surface area contributed by atoms with E-state index in [2.05, 4.69) is 20.7 Å². The lowest BCUT2D eigenvalue weighted by Crippen LogP contribution is -2.44. The molecular weight excluding hydrogens is 512 g/mol. The van der Waals surface area contributed by atoms with E-state index in [1.807, 2.05) is 6.92 Å². The van der Waals surface area contributed by atoms with Gasteiger partial charge in [-0.2, -0.15) is 4.80 Å². The predicted octanol–water partition coefficient (Wildman–Crippen LogP) is 4.01. The van der Waals surface area contributed by atoms with Crippen LogP contribution in [0.3, 0.4) is 0 Å². The zero-order valence-electron chi connectivity index (χ0n) is 22.0. The number of amides is 1. The second-order valence-electron chi connectivity index (χ2n) is 9.22. The first-order valence-electron chi connectivity index (χ1n) is 12.7. The molecule has 3 aromatic rings. The van der Waals surface area contributed by atoms with Gasteiger partial charge in [0.2, 0.25) is 5.82 Å². The lowest BCUT2D eigenvalue weighted by molar-refractivity contribution is -0.148. The second kappa shape index (κ2) is 12.6. The summed E-state index contributed by atoms with van der Waals surface area (Å²) in [5.41, 5.74) is 1.95. The lowest BCUT2D eigenvalue weighted by Gasteiger charge is -2.36. The molecule has 1 aromatic heterocycles. The van der Waals surface area contributed by atoms with Gasteiger partial charge in [0, 0.05) is 30.0 Å². The monoisotopic (exact) mass is 543 g/mol. The van der Waals surface area contributed by atoms with Gasteiger partial charge in [-0.3, -0.25) is 9.59 Å². The minimum atomic E-state index is -2.64. The Bertz CT molecular complexity index is 1280. The Balaban J connectivity index is 1.54. The summed E-state index contributed by atoms with van der Waals surface area (Å²) < 4.78 is 41.7. The first-order valence-corrected chi connectivity index (χ1v) is 12.7. The Kier molecular flexibility index (Phi) is 9.05. The summed E-state index contributed by atoms with van der Waals surface area (Å²) in [5.74, 6) is 0.0531. The number of aryl methyl sites for hydroxylation is 1. The van der Waals surface area contributed by atoms with E-state index in [4.69, 9.17) is 14.2 Å².